The summed E-state index contributed by atoms with van der Waals surface area (Å²) in [5.41, 5.74) is 2.09. The Labute approximate surface area is 175 Å². The van der Waals surface area contributed by atoms with Crippen LogP contribution in [0, 0.1) is 32.5 Å². The number of hydrogen-bond donors (Lipinski definition) is 3. The van der Waals surface area contributed by atoms with Gasteiger partial charge < -0.3 is 20.3 Å². The van der Waals surface area contributed by atoms with Crippen molar-refractivity contribution in [3.05, 3.63) is 52.1 Å². The van der Waals surface area contributed by atoms with E-state index in [-0.39, 0.29) is 29.6 Å². The molecule has 7 nitrogen and oxygen atoms in total. The van der Waals surface area contributed by atoms with E-state index in [1.807, 2.05) is 13.8 Å². The molecule has 1 aromatic heterocycles. The van der Waals surface area contributed by atoms with Crippen LogP contribution < -0.4 is 10.6 Å². The summed E-state index contributed by atoms with van der Waals surface area (Å²) in [7, 11) is 1.60. The fraction of sp³-hybridized carbons (Fsp3) is 0.409. The van der Waals surface area contributed by atoms with Crippen molar-refractivity contribution in [1.29, 1.82) is 0 Å². The topological polar surface area (TPSA) is 100 Å². The molecule has 0 aliphatic carbocycles. The first-order chi connectivity index (χ1) is 14.0. The maximum atomic E-state index is 13.5. The number of carbonyl (C=O) groups excluding carboxylic acids is 3. The molecule has 1 aromatic carbocycles. The highest BCUT2D eigenvalue weighted by Gasteiger charge is 2.30. The van der Waals surface area contributed by atoms with Gasteiger partial charge >= 0.3 is 0 Å². The average Bonchev–Trinajstić information content (AvgIpc) is 2.90. The van der Waals surface area contributed by atoms with Crippen LogP contribution in [0.1, 0.15) is 51.5 Å². The molecule has 0 aliphatic heterocycles. The monoisotopic (exact) mass is 417 g/mol. The molecule has 0 spiro atoms. The zero-order valence-electron chi connectivity index (χ0n) is 18.1. The SMILES string of the molecule is Cc1cc(NC(=O)c2c(C)c(C(=O)C(=O)N[C@@H](CO)C(C)C)n(C)c2C)ccc1F. The van der Waals surface area contributed by atoms with Crippen molar-refractivity contribution >= 4 is 23.3 Å². The third-order valence-electron chi connectivity index (χ3n) is 5.31. The van der Waals surface area contributed by atoms with Gasteiger partial charge in [0.05, 0.1) is 23.9 Å². The summed E-state index contributed by atoms with van der Waals surface area (Å²) in [5.74, 6) is -2.51. The van der Waals surface area contributed by atoms with Gasteiger partial charge in [0.25, 0.3) is 17.6 Å². The number of Topliss-reactive ketones (excluding diaryl/α,β-unsaturated/α-hetero) is 1. The molecular weight excluding hydrogens is 389 g/mol. The van der Waals surface area contributed by atoms with E-state index in [9.17, 15) is 23.9 Å². The summed E-state index contributed by atoms with van der Waals surface area (Å²) < 4.78 is 15.0. The molecule has 0 bridgehead atoms. The van der Waals surface area contributed by atoms with Crippen LogP contribution in [0.4, 0.5) is 10.1 Å². The smallest absolute Gasteiger partial charge is 0.294 e. The summed E-state index contributed by atoms with van der Waals surface area (Å²) >= 11 is 0. The second-order valence-corrected chi connectivity index (χ2v) is 7.75. The Bertz CT molecular complexity index is 995. The van der Waals surface area contributed by atoms with Gasteiger partial charge in [-0.1, -0.05) is 13.8 Å². The molecule has 30 heavy (non-hydrogen) atoms. The molecule has 0 unspecified atom stereocenters. The van der Waals surface area contributed by atoms with Gasteiger partial charge in [-0.2, -0.15) is 0 Å². The summed E-state index contributed by atoms with van der Waals surface area (Å²) in [6, 6.07) is 3.68. The Morgan fingerprint density at radius 1 is 1.17 bits per heavy atom. The van der Waals surface area contributed by atoms with Crippen LogP contribution in [0.15, 0.2) is 18.2 Å². The van der Waals surface area contributed by atoms with Gasteiger partial charge in [-0.25, -0.2) is 4.39 Å². The predicted octanol–water partition coefficient (Wildman–Crippen LogP) is 2.66. The number of rotatable bonds is 7. The zero-order chi connectivity index (χ0) is 22.7. The van der Waals surface area contributed by atoms with Crippen LogP contribution in [0.25, 0.3) is 0 Å². The lowest BCUT2D eigenvalue weighted by molar-refractivity contribution is -0.118. The molecule has 2 rings (SSSR count). The first-order valence-corrected chi connectivity index (χ1v) is 9.69. The summed E-state index contributed by atoms with van der Waals surface area (Å²) in [5, 5.41) is 14.6. The van der Waals surface area contributed by atoms with Gasteiger partial charge in [-0.15, -0.1) is 0 Å². The molecule has 0 radical (unpaired) electrons. The van der Waals surface area contributed by atoms with E-state index in [2.05, 4.69) is 10.6 Å². The third-order valence-corrected chi connectivity index (χ3v) is 5.31. The minimum atomic E-state index is -0.840. The molecule has 1 heterocycles. The summed E-state index contributed by atoms with van der Waals surface area (Å²) in [6.07, 6.45) is 0. The van der Waals surface area contributed by atoms with Crippen molar-refractivity contribution in [1.82, 2.24) is 9.88 Å². The number of anilines is 1. The molecule has 0 aliphatic rings. The molecule has 0 saturated heterocycles. The number of hydrogen-bond acceptors (Lipinski definition) is 4. The van der Waals surface area contributed by atoms with Crippen LogP contribution in [0.2, 0.25) is 0 Å². The number of benzene rings is 1. The molecule has 8 heteroatoms. The van der Waals surface area contributed by atoms with Gasteiger partial charge in [-0.3, -0.25) is 14.4 Å². The number of nitrogens with zero attached hydrogens (tertiary/aromatic N) is 1. The van der Waals surface area contributed by atoms with Gasteiger partial charge in [0, 0.05) is 18.4 Å². The Balaban J connectivity index is 2.33. The molecule has 0 saturated carbocycles. The number of aliphatic hydroxyl groups is 1. The average molecular weight is 417 g/mol. The fourth-order valence-electron chi connectivity index (χ4n) is 3.31. The van der Waals surface area contributed by atoms with E-state index in [0.29, 0.717) is 22.5 Å². The highest BCUT2D eigenvalue weighted by Crippen LogP contribution is 2.24. The lowest BCUT2D eigenvalue weighted by atomic mass is 10.0. The molecule has 2 aromatic rings. The Hall–Kier alpha value is -3.00. The Kier molecular flexibility index (Phi) is 7.15. The number of nitrogens with one attached hydrogen (secondary N) is 2. The Morgan fingerprint density at radius 3 is 2.33 bits per heavy atom. The highest BCUT2D eigenvalue weighted by molar-refractivity contribution is 6.43. The number of aryl methyl sites for hydroxylation is 1. The minimum Gasteiger partial charge on any atom is -0.394 e. The summed E-state index contributed by atoms with van der Waals surface area (Å²) in [4.78, 5) is 38.1. The number of ketones is 1. The molecule has 2 amide bonds. The minimum absolute atomic E-state index is 0.0523. The first kappa shape index (κ1) is 23.3. The van der Waals surface area contributed by atoms with E-state index in [1.165, 1.54) is 22.8 Å². The quantitative estimate of drug-likeness (QED) is 0.476. The maximum absolute atomic E-state index is 13.5. The largest absolute Gasteiger partial charge is 0.394 e. The normalized spacial score (nSPS) is 12.0. The van der Waals surface area contributed by atoms with Crippen LogP contribution >= 0.6 is 0 Å². The Morgan fingerprint density at radius 2 is 1.80 bits per heavy atom. The fourth-order valence-corrected chi connectivity index (χ4v) is 3.31. The van der Waals surface area contributed by atoms with Crippen molar-refractivity contribution in [2.75, 3.05) is 11.9 Å². The molecule has 1 atom stereocenters. The van der Waals surface area contributed by atoms with Crippen molar-refractivity contribution < 1.29 is 23.9 Å². The van der Waals surface area contributed by atoms with Gasteiger partial charge in [0.1, 0.15) is 5.82 Å². The second-order valence-electron chi connectivity index (χ2n) is 7.75. The van der Waals surface area contributed by atoms with Crippen molar-refractivity contribution in [3.63, 3.8) is 0 Å². The predicted molar refractivity (Wildman–Crippen MR) is 112 cm³/mol. The number of aliphatic hydroxyl groups excluding tert-OH is 1. The van der Waals surface area contributed by atoms with Gasteiger partial charge in [0.15, 0.2) is 0 Å². The zero-order valence-corrected chi connectivity index (χ0v) is 18.1. The van der Waals surface area contributed by atoms with Crippen LogP contribution in [-0.4, -0.2) is 39.9 Å². The lowest BCUT2D eigenvalue weighted by Gasteiger charge is -2.19. The van der Waals surface area contributed by atoms with Crippen LogP contribution in [-0.2, 0) is 11.8 Å². The highest BCUT2D eigenvalue weighted by atomic mass is 19.1. The lowest BCUT2D eigenvalue weighted by Crippen LogP contribution is -2.44. The standard InChI is InChI=1S/C22H28FN3O4/c1-11(2)17(10-27)25-22(30)20(28)19-13(4)18(14(5)26(19)6)21(29)24-15-7-8-16(23)12(3)9-15/h7-9,11,17,27H,10H2,1-6H3,(H,24,29)(H,25,30)/t17-/m0/s1. The molecule has 3 N–H and O–H groups in total. The van der Waals surface area contributed by atoms with Crippen molar-refractivity contribution in [3.8, 4) is 0 Å². The first-order valence-electron chi connectivity index (χ1n) is 9.69. The van der Waals surface area contributed by atoms with Gasteiger partial charge in [-0.05, 0) is 56.0 Å². The number of aromatic nitrogens is 1. The molecule has 162 valence electrons. The van der Waals surface area contributed by atoms with Gasteiger partial charge in [0.2, 0.25) is 0 Å². The van der Waals surface area contributed by atoms with E-state index in [0.717, 1.165) is 0 Å². The third kappa shape index (κ3) is 4.59. The van der Waals surface area contributed by atoms with Crippen molar-refractivity contribution in [2.24, 2.45) is 13.0 Å². The number of halogens is 1. The number of amides is 2. The van der Waals surface area contributed by atoms with E-state index >= 15 is 0 Å². The number of carbonyl (C=O) groups is 3. The second kappa shape index (κ2) is 9.21. The van der Waals surface area contributed by atoms with E-state index < -0.39 is 23.6 Å². The summed E-state index contributed by atoms with van der Waals surface area (Å²) in [6.45, 7) is 8.23. The van der Waals surface area contributed by atoms with Crippen molar-refractivity contribution in [2.45, 2.75) is 40.7 Å². The molecule has 0 fully saturated rings. The van der Waals surface area contributed by atoms with Crippen LogP contribution in [0.5, 0.6) is 0 Å². The van der Waals surface area contributed by atoms with E-state index in [4.69, 9.17) is 0 Å². The molecular formula is C22H28FN3O4. The maximum Gasteiger partial charge on any atom is 0.294 e. The van der Waals surface area contributed by atoms with E-state index in [1.54, 1.807) is 27.8 Å². The van der Waals surface area contributed by atoms with Crippen LogP contribution in [0.3, 0.4) is 0 Å².